The number of aryl methyl sites for hydroxylation is 2. The highest BCUT2D eigenvalue weighted by Crippen LogP contribution is 2.42. The topological polar surface area (TPSA) is 184 Å². The molecule has 0 N–H and O–H groups in total. The van der Waals surface area contributed by atoms with Crippen molar-refractivity contribution in [2.75, 3.05) is 26.4 Å². The van der Waals surface area contributed by atoms with E-state index in [2.05, 4.69) is 18.1 Å². The molecule has 0 aliphatic rings. The van der Waals surface area contributed by atoms with E-state index in [0.29, 0.717) is 21.1 Å². The first-order valence-corrected chi connectivity index (χ1v) is 16.0. The summed E-state index contributed by atoms with van der Waals surface area (Å²) in [5.74, 6) is -3.63. The molecule has 0 atom stereocenters. The molecule has 2 aromatic carbocycles. The zero-order chi connectivity index (χ0) is 36.2. The van der Waals surface area contributed by atoms with E-state index in [-0.39, 0.29) is 69.1 Å². The van der Waals surface area contributed by atoms with Crippen molar-refractivity contribution in [1.82, 2.24) is 4.98 Å². The minimum atomic E-state index is -0.756. The van der Waals surface area contributed by atoms with Gasteiger partial charge in [0.25, 0.3) is 0 Å². The van der Waals surface area contributed by atoms with Crippen LogP contribution in [0.1, 0.15) is 36.8 Å². The Balaban J connectivity index is 1.47. The van der Waals surface area contributed by atoms with E-state index in [1.54, 1.807) is 0 Å². The van der Waals surface area contributed by atoms with Crippen LogP contribution in [0, 0.1) is 13.8 Å². The molecule has 0 fully saturated rings. The van der Waals surface area contributed by atoms with E-state index >= 15 is 0 Å². The minimum absolute atomic E-state index is 0.0425. The first-order chi connectivity index (χ1) is 24.0. The molecular formula is C35H33NO13S. The van der Waals surface area contributed by atoms with Gasteiger partial charge in [0, 0.05) is 17.5 Å². The molecule has 2 aromatic heterocycles. The van der Waals surface area contributed by atoms with Crippen LogP contribution in [0.4, 0.5) is 0 Å². The third kappa shape index (κ3) is 10.3. The van der Waals surface area contributed by atoms with Crippen LogP contribution < -0.4 is 9.47 Å². The molecule has 0 aliphatic heterocycles. The molecule has 15 heteroatoms. The normalized spacial score (nSPS) is 10.7. The molecule has 0 saturated carbocycles. The second-order valence-corrected chi connectivity index (χ2v) is 11.5. The van der Waals surface area contributed by atoms with Gasteiger partial charge in [0.05, 0.1) is 25.7 Å². The molecule has 0 radical (unpaired) electrons. The number of esters is 6. The van der Waals surface area contributed by atoms with Gasteiger partial charge in [0.15, 0.2) is 22.3 Å². The Morgan fingerprint density at radius 1 is 0.720 bits per heavy atom. The third-order valence-electron chi connectivity index (χ3n) is 6.70. The first-order valence-electron chi connectivity index (χ1n) is 15.2. The second-order valence-electron chi connectivity index (χ2n) is 10.5. The Hall–Kier alpha value is -5.83. The number of nitrogens with zero attached hydrogens (tertiary/aromatic N) is 1. The summed E-state index contributed by atoms with van der Waals surface area (Å²) in [6.45, 7) is 9.74. The SMILES string of the molecule is C=CC(=O)OCCOC(=O)CCC(=O)Oc1ccc(OC(=O)CCC(=O)OCCOC(=O)C=C)c2sc(-c3cc4c(C)cc(C)cc4o3)nc12. The quantitative estimate of drug-likeness (QED) is 0.0456. The molecule has 262 valence electrons. The van der Waals surface area contributed by atoms with Crippen molar-refractivity contribution >= 4 is 68.3 Å². The number of furan rings is 1. The fraction of sp³-hybridized carbons (Fsp3) is 0.286. The van der Waals surface area contributed by atoms with Crippen LogP contribution in [0.3, 0.4) is 0 Å². The maximum Gasteiger partial charge on any atom is 0.330 e. The summed E-state index contributed by atoms with van der Waals surface area (Å²) < 4.78 is 36.9. The van der Waals surface area contributed by atoms with Crippen LogP contribution >= 0.6 is 11.3 Å². The monoisotopic (exact) mass is 707 g/mol. The van der Waals surface area contributed by atoms with E-state index in [9.17, 15) is 28.8 Å². The van der Waals surface area contributed by atoms with Gasteiger partial charge >= 0.3 is 35.8 Å². The summed E-state index contributed by atoms with van der Waals surface area (Å²) in [6, 6.07) is 8.58. The van der Waals surface area contributed by atoms with E-state index < -0.39 is 35.8 Å². The third-order valence-corrected chi connectivity index (χ3v) is 7.78. The highest BCUT2D eigenvalue weighted by atomic mass is 32.1. The highest BCUT2D eigenvalue weighted by molar-refractivity contribution is 7.22. The van der Waals surface area contributed by atoms with Crippen LogP contribution in [0.2, 0.25) is 0 Å². The van der Waals surface area contributed by atoms with E-state index in [1.807, 2.05) is 32.0 Å². The van der Waals surface area contributed by atoms with Crippen LogP contribution in [0.15, 0.2) is 60.1 Å². The zero-order valence-corrected chi connectivity index (χ0v) is 28.1. The van der Waals surface area contributed by atoms with Crippen LogP contribution in [0.5, 0.6) is 11.5 Å². The van der Waals surface area contributed by atoms with Crippen molar-refractivity contribution in [2.45, 2.75) is 39.5 Å². The smallest absolute Gasteiger partial charge is 0.330 e. The molecule has 0 unspecified atom stereocenters. The van der Waals surface area contributed by atoms with Gasteiger partial charge in [-0.2, -0.15) is 0 Å². The van der Waals surface area contributed by atoms with Gasteiger partial charge in [0.2, 0.25) is 0 Å². The fourth-order valence-corrected chi connectivity index (χ4v) is 5.42. The van der Waals surface area contributed by atoms with Crippen molar-refractivity contribution in [3.63, 3.8) is 0 Å². The Labute approximate surface area is 289 Å². The summed E-state index contributed by atoms with van der Waals surface area (Å²) in [6.07, 6.45) is 0.730. The lowest BCUT2D eigenvalue weighted by Crippen LogP contribution is -2.16. The standard InChI is InChI=1S/C35H33NO13S/c1-5-27(37)43-13-15-45-29(39)9-11-31(41)48-23-7-8-24(49-32(42)12-10-30(40)46-16-14-44-28(38)6-2)34-33(23)36-35(50-34)26-19-22-21(4)17-20(3)18-25(22)47-26/h5-8,17-19H,1-2,9-16H2,3-4H3. The Kier molecular flexibility index (Phi) is 13.0. The summed E-state index contributed by atoms with van der Waals surface area (Å²) in [4.78, 5) is 76.3. The predicted molar refractivity (Wildman–Crippen MR) is 178 cm³/mol. The molecule has 0 aliphatic carbocycles. The van der Waals surface area contributed by atoms with E-state index in [0.717, 1.165) is 40.0 Å². The first kappa shape index (κ1) is 37.0. The predicted octanol–water partition coefficient (Wildman–Crippen LogP) is 5.24. The zero-order valence-electron chi connectivity index (χ0n) is 27.3. The molecular weight excluding hydrogens is 674 g/mol. The van der Waals surface area contributed by atoms with Gasteiger partial charge in [0.1, 0.15) is 42.2 Å². The average molecular weight is 708 g/mol. The summed E-state index contributed by atoms with van der Waals surface area (Å²) in [7, 11) is 0. The van der Waals surface area contributed by atoms with Gasteiger partial charge in [-0.25, -0.2) is 14.6 Å². The Bertz CT molecular complexity index is 1860. The van der Waals surface area contributed by atoms with Gasteiger partial charge in [-0.3, -0.25) is 19.2 Å². The maximum absolute atomic E-state index is 12.7. The second kappa shape index (κ2) is 17.5. The van der Waals surface area contributed by atoms with Crippen molar-refractivity contribution in [2.24, 2.45) is 0 Å². The Morgan fingerprint density at radius 2 is 1.24 bits per heavy atom. The molecule has 0 bridgehead atoms. The number of aromatic nitrogens is 1. The van der Waals surface area contributed by atoms with Crippen LogP contribution in [-0.4, -0.2) is 67.2 Å². The number of fused-ring (bicyclic) bond motifs is 2. The van der Waals surface area contributed by atoms with Crippen molar-refractivity contribution < 1.29 is 61.6 Å². The van der Waals surface area contributed by atoms with Crippen LogP contribution in [-0.2, 0) is 47.7 Å². The van der Waals surface area contributed by atoms with E-state index in [1.165, 1.54) is 12.1 Å². The van der Waals surface area contributed by atoms with Gasteiger partial charge in [-0.05, 0) is 49.2 Å². The number of rotatable bonds is 17. The summed E-state index contributed by atoms with van der Waals surface area (Å²) >= 11 is 1.13. The number of ether oxygens (including phenoxy) is 6. The number of hydrogen-bond donors (Lipinski definition) is 0. The summed E-state index contributed by atoms with van der Waals surface area (Å²) in [5, 5.41) is 1.30. The van der Waals surface area contributed by atoms with E-state index in [4.69, 9.17) is 32.8 Å². The lowest BCUT2D eigenvalue weighted by molar-refractivity contribution is -0.151. The minimum Gasteiger partial charge on any atom is -0.462 e. The molecule has 4 aromatic rings. The molecule has 0 saturated heterocycles. The van der Waals surface area contributed by atoms with Gasteiger partial charge in [-0.1, -0.05) is 19.2 Å². The summed E-state index contributed by atoms with van der Waals surface area (Å²) in [5.41, 5.74) is 2.88. The lowest BCUT2D eigenvalue weighted by atomic mass is 10.1. The Morgan fingerprint density at radius 3 is 1.82 bits per heavy atom. The fourth-order valence-electron chi connectivity index (χ4n) is 4.44. The average Bonchev–Trinajstić information content (AvgIpc) is 3.73. The van der Waals surface area contributed by atoms with Crippen molar-refractivity contribution in [3.05, 3.63) is 66.8 Å². The molecule has 2 heterocycles. The van der Waals surface area contributed by atoms with Crippen molar-refractivity contribution in [1.29, 1.82) is 0 Å². The molecule has 50 heavy (non-hydrogen) atoms. The molecule has 4 rings (SSSR count). The molecule has 14 nitrogen and oxygen atoms in total. The highest BCUT2D eigenvalue weighted by Gasteiger charge is 2.22. The number of hydrogen-bond acceptors (Lipinski definition) is 15. The number of thiazole rings is 1. The largest absolute Gasteiger partial charge is 0.462 e. The lowest BCUT2D eigenvalue weighted by Gasteiger charge is -2.09. The number of carbonyl (C=O) groups is 6. The maximum atomic E-state index is 12.7. The van der Waals surface area contributed by atoms with Crippen LogP contribution in [0.25, 0.3) is 32.0 Å². The number of carbonyl (C=O) groups excluding carboxylic acids is 6. The van der Waals surface area contributed by atoms with Crippen molar-refractivity contribution in [3.8, 4) is 22.3 Å². The number of benzene rings is 2. The van der Waals surface area contributed by atoms with Gasteiger partial charge < -0.3 is 32.8 Å². The molecule has 0 spiro atoms. The van der Waals surface area contributed by atoms with Gasteiger partial charge in [-0.15, -0.1) is 11.3 Å². The molecule has 0 amide bonds.